The number of anilines is 1. The van der Waals surface area contributed by atoms with Gasteiger partial charge in [-0.25, -0.2) is 9.78 Å². The van der Waals surface area contributed by atoms with Crippen LogP contribution in [0.1, 0.15) is 66.0 Å². The Hall–Kier alpha value is -3.65. The van der Waals surface area contributed by atoms with Crippen LogP contribution in [0.25, 0.3) is 0 Å². The third kappa shape index (κ3) is 7.33. The molecule has 2 heterocycles. The Bertz CT molecular complexity index is 1510. The summed E-state index contributed by atoms with van der Waals surface area (Å²) in [5.41, 5.74) is -2.69. The van der Waals surface area contributed by atoms with Crippen molar-refractivity contribution >= 4 is 28.5 Å². The highest BCUT2D eigenvalue weighted by molar-refractivity contribution is 7.14. The highest BCUT2D eigenvalue weighted by Gasteiger charge is 2.51. The van der Waals surface area contributed by atoms with Crippen molar-refractivity contribution in [2.24, 2.45) is 0 Å². The molecule has 2 unspecified atom stereocenters. The number of benzene rings is 2. The number of methoxy groups -OCH3 is 1. The van der Waals surface area contributed by atoms with Crippen molar-refractivity contribution in [1.29, 1.82) is 0 Å². The lowest BCUT2D eigenvalue weighted by molar-refractivity contribution is -0.143. The van der Waals surface area contributed by atoms with Crippen molar-refractivity contribution in [3.63, 3.8) is 0 Å². The number of nitrogens with zero attached hydrogens (tertiary/aromatic N) is 3. The largest absolute Gasteiger partial charge is 0.453 e. The number of alkyl halides is 6. The van der Waals surface area contributed by atoms with Crippen LogP contribution >= 0.6 is 11.3 Å². The molecule has 0 spiro atoms. The summed E-state index contributed by atoms with van der Waals surface area (Å²) >= 11 is 1.10. The van der Waals surface area contributed by atoms with E-state index in [4.69, 9.17) is 0 Å². The number of halogens is 6. The summed E-state index contributed by atoms with van der Waals surface area (Å²) < 4.78 is 85.8. The van der Waals surface area contributed by atoms with Crippen LogP contribution in [0.5, 0.6) is 0 Å². The van der Waals surface area contributed by atoms with Gasteiger partial charge in [0.25, 0.3) is 0 Å². The molecule has 2 atom stereocenters. The van der Waals surface area contributed by atoms with Crippen LogP contribution in [0.3, 0.4) is 0 Å². The maximum Gasteiger partial charge on any atom is 0.416 e. The van der Waals surface area contributed by atoms with Crippen molar-refractivity contribution < 1.29 is 40.7 Å². The van der Waals surface area contributed by atoms with Crippen molar-refractivity contribution in [2.45, 2.75) is 68.4 Å². The smallest absolute Gasteiger partial charge is 0.416 e. The molecule has 46 heavy (non-hydrogen) atoms. The Balaban J connectivity index is 1.40. The molecular formula is C32H34F6N4O3S. The molecule has 7 nitrogen and oxygen atoms in total. The summed E-state index contributed by atoms with van der Waals surface area (Å²) in [7, 11) is 2.57. The number of ether oxygens (including phenoxy) is 1. The Kier molecular flexibility index (Phi) is 9.69. The second-order valence-corrected chi connectivity index (χ2v) is 12.8. The number of likely N-dealkylation sites (N-methyl/N-ethyl adjacent to an activating group) is 1. The number of carbonyl (C=O) groups excluding carboxylic acids is 2. The Morgan fingerprint density at radius 3 is 2.24 bits per heavy atom. The summed E-state index contributed by atoms with van der Waals surface area (Å²) in [4.78, 5) is 34.2. The van der Waals surface area contributed by atoms with Crippen LogP contribution in [0.15, 0.2) is 53.9 Å². The van der Waals surface area contributed by atoms with Crippen LogP contribution in [0.4, 0.5) is 36.3 Å². The molecule has 2 aromatic carbocycles. The van der Waals surface area contributed by atoms with Gasteiger partial charge in [-0.1, -0.05) is 30.3 Å². The SMILES string of the molecule is COC(=O)Nc1nc(C2(C(=O)N(C)Cc3cc(C(F)(F)F)cc(C(F)(F)F)c3)CCC(N3CCC(c4ccccc4)CC3)C2)cs1. The molecule has 1 aliphatic carbocycles. The first-order valence-electron chi connectivity index (χ1n) is 14.8. The van der Waals surface area contributed by atoms with E-state index in [9.17, 15) is 35.9 Å². The maximum atomic E-state index is 14.3. The highest BCUT2D eigenvalue weighted by Crippen LogP contribution is 2.46. The normalized spacial score (nSPS) is 21.3. The zero-order valence-corrected chi connectivity index (χ0v) is 26.1. The van der Waals surface area contributed by atoms with Crippen LogP contribution in [0, 0.1) is 0 Å². The van der Waals surface area contributed by atoms with Crippen molar-refractivity contribution in [3.05, 3.63) is 81.9 Å². The highest BCUT2D eigenvalue weighted by atomic mass is 32.1. The molecule has 0 radical (unpaired) electrons. The zero-order valence-electron chi connectivity index (χ0n) is 25.3. The quantitative estimate of drug-likeness (QED) is 0.262. The van der Waals surface area contributed by atoms with Gasteiger partial charge in [0.15, 0.2) is 5.13 Å². The number of likely N-dealkylation sites (tertiary alicyclic amines) is 1. The molecule has 2 fully saturated rings. The molecular weight excluding hydrogens is 634 g/mol. The van der Waals surface area contributed by atoms with E-state index in [-0.39, 0.29) is 22.8 Å². The summed E-state index contributed by atoms with van der Waals surface area (Å²) in [6.45, 7) is 1.17. The van der Waals surface area contributed by atoms with E-state index < -0.39 is 47.4 Å². The molecule has 5 rings (SSSR count). The number of hydrogen-bond donors (Lipinski definition) is 1. The number of hydrogen-bond acceptors (Lipinski definition) is 6. The number of carbonyl (C=O) groups is 2. The average molecular weight is 669 g/mol. The van der Waals surface area contributed by atoms with Gasteiger partial charge in [-0.05, 0) is 80.4 Å². The van der Waals surface area contributed by atoms with E-state index >= 15 is 0 Å². The van der Waals surface area contributed by atoms with Gasteiger partial charge in [0, 0.05) is 25.0 Å². The number of aromatic nitrogens is 1. The van der Waals surface area contributed by atoms with Gasteiger partial charge >= 0.3 is 18.4 Å². The number of piperidine rings is 1. The van der Waals surface area contributed by atoms with Crippen LogP contribution < -0.4 is 5.32 Å². The van der Waals surface area contributed by atoms with E-state index in [1.165, 1.54) is 24.6 Å². The second kappa shape index (κ2) is 13.2. The fraction of sp³-hybridized carbons (Fsp3) is 0.469. The monoisotopic (exact) mass is 668 g/mol. The Labute approximate surface area is 266 Å². The third-order valence-electron chi connectivity index (χ3n) is 9.02. The first-order valence-corrected chi connectivity index (χ1v) is 15.7. The average Bonchev–Trinajstić information content (AvgIpc) is 3.69. The van der Waals surface area contributed by atoms with Gasteiger partial charge in [0.2, 0.25) is 5.91 Å². The second-order valence-electron chi connectivity index (χ2n) is 11.9. The number of amides is 2. The van der Waals surface area contributed by atoms with Crippen molar-refractivity contribution in [1.82, 2.24) is 14.8 Å². The van der Waals surface area contributed by atoms with Crippen LogP contribution in [-0.4, -0.2) is 60.1 Å². The van der Waals surface area contributed by atoms with Crippen LogP contribution in [0.2, 0.25) is 0 Å². The number of rotatable bonds is 7. The molecule has 2 aliphatic rings. The van der Waals surface area contributed by atoms with Crippen LogP contribution in [-0.2, 0) is 33.8 Å². The maximum absolute atomic E-state index is 14.3. The lowest BCUT2D eigenvalue weighted by Crippen LogP contribution is -2.46. The fourth-order valence-electron chi connectivity index (χ4n) is 6.70. The van der Waals surface area contributed by atoms with Gasteiger partial charge < -0.3 is 14.5 Å². The molecule has 14 heteroatoms. The van der Waals surface area contributed by atoms with E-state index in [1.807, 2.05) is 18.2 Å². The van der Waals surface area contributed by atoms with Gasteiger partial charge in [0.1, 0.15) is 0 Å². The first-order chi connectivity index (χ1) is 21.7. The van der Waals surface area contributed by atoms with E-state index in [0.29, 0.717) is 43.0 Å². The molecule has 1 saturated carbocycles. The standard InChI is InChI=1S/C32H34F6N4O3S/c1-41(18-20-14-23(31(33,34)35)16-24(15-20)32(36,37)38)27(43)30(26-19-46-28(39-26)40-29(44)45-2)11-8-25(17-30)42-12-9-22(10-13-42)21-6-4-3-5-7-21/h3-7,14-16,19,22,25H,8-13,17-18H2,1-2H3,(H,39,40,44). The van der Waals surface area contributed by atoms with Gasteiger partial charge in [-0.2, -0.15) is 26.3 Å². The molecule has 1 aromatic heterocycles. The minimum atomic E-state index is -5.00. The van der Waals surface area contributed by atoms with Gasteiger partial charge in [-0.15, -0.1) is 11.3 Å². The molecule has 2 amide bonds. The predicted molar refractivity (Wildman–Crippen MR) is 160 cm³/mol. The van der Waals surface area contributed by atoms with E-state index in [0.717, 1.165) is 37.3 Å². The minimum absolute atomic E-state index is 0.0122. The Morgan fingerprint density at radius 2 is 1.65 bits per heavy atom. The molecule has 1 N–H and O–H groups in total. The summed E-state index contributed by atoms with van der Waals surface area (Å²) in [6.07, 6.45) is -7.47. The zero-order chi connectivity index (χ0) is 33.3. The number of nitrogens with one attached hydrogen (secondary N) is 1. The van der Waals surface area contributed by atoms with Crippen molar-refractivity contribution in [2.75, 3.05) is 32.6 Å². The summed E-state index contributed by atoms with van der Waals surface area (Å²) in [6, 6.07) is 11.6. The Morgan fingerprint density at radius 1 is 1.02 bits per heavy atom. The fourth-order valence-corrected chi connectivity index (χ4v) is 7.50. The predicted octanol–water partition coefficient (Wildman–Crippen LogP) is 7.69. The number of thiazole rings is 1. The molecule has 0 bridgehead atoms. The van der Waals surface area contributed by atoms with E-state index in [2.05, 4.69) is 32.1 Å². The van der Waals surface area contributed by atoms with Gasteiger partial charge in [-0.3, -0.25) is 10.1 Å². The lowest BCUT2D eigenvalue weighted by atomic mass is 9.81. The van der Waals surface area contributed by atoms with Crippen molar-refractivity contribution in [3.8, 4) is 0 Å². The topological polar surface area (TPSA) is 74.8 Å². The van der Waals surface area contributed by atoms with E-state index in [1.54, 1.807) is 5.38 Å². The molecule has 3 aromatic rings. The minimum Gasteiger partial charge on any atom is -0.453 e. The third-order valence-corrected chi connectivity index (χ3v) is 9.78. The summed E-state index contributed by atoms with van der Waals surface area (Å²) in [5.74, 6) is -0.0361. The molecule has 248 valence electrons. The lowest BCUT2D eigenvalue weighted by Gasteiger charge is -2.37. The first kappa shape index (κ1) is 33.7. The molecule has 1 saturated heterocycles. The molecule has 1 aliphatic heterocycles. The van der Waals surface area contributed by atoms with Gasteiger partial charge in [0.05, 0.1) is 29.3 Å². The summed E-state index contributed by atoms with van der Waals surface area (Å²) in [5, 5.41) is 4.36.